The number of rotatable bonds is 9. The molecule has 8 heteroatoms. The average Bonchev–Trinajstić information content (AvgIpc) is 3.15. The molecule has 27 heavy (non-hydrogen) atoms. The number of aliphatic imine (C=N–C) groups is 1. The van der Waals surface area contributed by atoms with E-state index in [9.17, 15) is 0 Å². The predicted molar refractivity (Wildman–Crippen MR) is 109 cm³/mol. The molecule has 0 aliphatic heterocycles. The maximum absolute atomic E-state index is 5.51. The van der Waals surface area contributed by atoms with E-state index in [0.29, 0.717) is 25.6 Å². The van der Waals surface area contributed by atoms with Gasteiger partial charge in [-0.05, 0) is 18.9 Å². The minimum Gasteiger partial charge on any atom is -0.478 e. The molecule has 1 atom stereocenters. The number of ether oxygens (including phenoxy) is 2. The van der Waals surface area contributed by atoms with Gasteiger partial charge in [0.25, 0.3) is 0 Å². The van der Waals surface area contributed by atoms with Crippen LogP contribution < -0.4 is 10.1 Å². The summed E-state index contributed by atoms with van der Waals surface area (Å²) in [6.45, 7) is 6.07. The molecular formula is C19H29N5O2S. The summed E-state index contributed by atoms with van der Waals surface area (Å²) in [6, 6.07) is 3.91. The second-order valence-electron chi connectivity index (χ2n) is 6.16. The molecule has 0 radical (unpaired) electrons. The van der Waals surface area contributed by atoms with Gasteiger partial charge in [0.1, 0.15) is 11.1 Å². The van der Waals surface area contributed by atoms with Crippen LogP contribution in [0.5, 0.6) is 5.88 Å². The van der Waals surface area contributed by atoms with Gasteiger partial charge >= 0.3 is 0 Å². The average molecular weight is 392 g/mol. The number of nitrogens with zero attached hydrogens (tertiary/aromatic N) is 4. The Bertz CT molecular complexity index is 717. The number of nitrogens with one attached hydrogen (secondary N) is 1. The van der Waals surface area contributed by atoms with Gasteiger partial charge < -0.3 is 19.7 Å². The number of hydrogen-bond acceptors (Lipinski definition) is 6. The molecule has 2 aromatic heterocycles. The van der Waals surface area contributed by atoms with Gasteiger partial charge in [0, 0.05) is 45.4 Å². The van der Waals surface area contributed by atoms with Crippen molar-refractivity contribution in [3.63, 3.8) is 0 Å². The molecule has 0 spiro atoms. The lowest BCUT2D eigenvalue weighted by Gasteiger charge is -2.21. The zero-order valence-electron chi connectivity index (χ0n) is 16.7. The largest absolute Gasteiger partial charge is 0.478 e. The smallest absolute Gasteiger partial charge is 0.213 e. The summed E-state index contributed by atoms with van der Waals surface area (Å²) in [4.78, 5) is 15.4. The van der Waals surface area contributed by atoms with Crippen molar-refractivity contribution in [2.45, 2.75) is 39.5 Å². The molecule has 2 aromatic rings. The summed E-state index contributed by atoms with van der Waals surface area (Å²) in [5, 5.41) is 6.40. The second kappa shape index (κ2) is 10.8. The van der Waals surface area contributed by atoms with Crippen molar-refractivity contribution in [3.05, 3.63) is 40.0 Å². The second-order valence-corrected chi connectivity index (χ2v) is 7.05. The van der Waals surface area contributed by atoms with Crippen LogP contribution in [0.4, 0.5) is 0 Å². The van der Waals surface area contributed by atoms with Gasteiger partial charge in [0.05, 0.1) is 18.8 Å². The van der Waals surface area contributed by atoms with Crippen LogP contribution in [-0.2, 0) is 17.8 Å². The SMILES string of the molecule is CCCOc1ccc(CNC(=NC)N(C)Cc2csc(C(C)OC)n2)cn1. The monoisotopic (exact) mass is 391 g/mol. The summed E-state index contributed by atoms with van der Waals surface area (Å²) in [5.41, 5.74) is 2.07. The van der Waals surface area contributed by atoms with Crippen LogP contribution in [0.15, 0.2) is 28.7 Å². The van der Waals surface area contributed by atoms with Crippen molar-refractivity contribution in [2.75, 3.05) is 27.8 Å². The highest BCUT2D eigenvalue weighted by molar-refractivity contribution is 7.09. The van der Waals surface area contributed by atoms with Gasteiger partial charge in [-0.25, -0.2) is 9.97 Å². The molecule has 1 unspecified atom stereocenters. The number of pyridine rings is 1. The number of aromatic nitrogens is 2. The Morgan fingerprint density at radius 2 is 2.22 bits per heavy atom. The zero-order valence-corrected chi connectivity index (χ0v) is 17.5. The number of methoxy groups -OCH3 is 1. The fourth-order valence-corrected chi connectivity index (χ4v) is 3.22. The fourth-order valence-electron chi connectivity index (χ4n) is 2.37. The third kappa shape index (κ3) is 6.48. The van der Waals surface area contributed by atoms with E-state index >= 15 is 0 Å². The van der Waals surface area contributed by atoms with Gasteiger partial charge in [0.2, 0.25) is 5.88 Å². The minimum absolute atomic E-state index is 0.0169. The molecule has 0 amide bonds. The highest BCUT2D eigenvalue weighted by atomic mass is 32.1. The van der Waals surface area contributed by atoms with Crippen molar-refractivity contribution >= 4 is 17.3 Å². The van der Waals surface area contributed by atoms with Crippen molar-refractivity contribution in [1.29, 1.82) is 0 Å². The van der Waals surface area contributed by atoms with E-state index in [4.69, 9.17) is 9.47 Å². The van der Waals surface area contributed by atoms with E-state index in [2.05, 4.69) is 32.6 Å². The Labute approximate surface area is 165 Å². The number of thiazole rings is 1. The summed E-state index contributed by atoms with van der Waals surface area (Å²) in [7, 11) is 5.47. The molecule has 0 aliphatic carbocycles. The maximum atomic E-state index is 5.51. The topological polar surface area (TPSA) is 71.9 Å². The van der Waals surface area contributed by atoms with Crippen LogP contribution in [-0.4, -0.2) is 48.6 Å². The number of hydrogen-bond donors (Lipinski definition) is 1. The lowest BCUT2D eigenvalue weighted by atomic mass is 10.3. The molecule has 0 saturated carbocycles. The Hall–Kier alpha value is -2.19. The highest BCUT2D eigenvalue weighted by Crippen LogP contribution is 2.20. The summed E-state index contributed by atoms with van der Waals surface area (Å²) < 4.78 is 10.8. The summed E-state index contributed by atoms with van der Waals surface area (Å²) in [5.74, 6) is 1.46. The Morgan fingerprint density at radius 3 is 2.85 bits per heavy atom. The van der Waals surface area contributed by atoms with Crippen molar-refractivity contribution < 1.29 is 9.47 Å². The Balaban J connectivity index is 1.87. The first-order valence-electron chi connectivity index (χ1n) is 9.04. The standard InChI is InChI=1S/C19H29N5O2S/c1-6-9-26-17-8-7-15(10-21-17)11-22-19(20-3)24(4)12-16-13-27-18(23-16)14(2)25-5/h7-8,10,13-14H,6,9,11-12H2,1-5H3,(H,20,22). The molecule has 148 valence electrons. The first-order chi connectivity index (χ1) is 13.1. The molecule has 0 aliphatic rings. The minimum atomic E-state index is 0.0169. The third-order valence-electron chi connectivity index (χ3n) is 3.95. The summed E-state index contributed by atoms with van der Waals surface area (Å²) >= 11 is 1.62. The van der Waals surface area contributed by atoms with Gasteiger partial charge in [-0.15, -0.1) is 11.3 Å². The molecular weight excluding hydrogens is 362 g/mol. The molecule has 7 nitrogen and oxygen atoms in total. The predicted octanol–water partition coefficient (Wildman–Crippen LogP) is 3.24. The third-order valence-corrected chi connectivity index (χ3v) is 5.00. The first-order valence-corrected chi connectivity index (χ1v) is 9.91. The van der Waals surface area contributed by atoms with E-state index in [-0.39, 0.29) is 6.10 Å². The molecule has 0 saturated heterocycles. The molecule has 2 rings (SSSR count). The molecule has 0 fully saturated rings. The van der Waals surface area contributed by atoms with E-state index in [1.54, 1.807) is 25.5 Å². The van der Waals surface area contributed by atoms with E-state index in [1.165, 1.54) is 0 Å². The van der Waals surface area contributed by atoms with E-state index in [1.807, 2.05) is 37.2 Å². The first kappa shape index (κ1) is 21.1. The number of guanidine groups is 1. The van der Waals surface area contributed by atoms with Gasteiger partial charge in [-0.3, -0.25) is 4.99 Å². The van der Waals surface area contributed by atoms with Gasteiger partial charge in [-0.2, -0.15) is 0 Å². The van der Waals surface area contributed by atoms with Crippen LogP contribution in [0.1, 0.15) is 42.6 Å². The van der Waals surface area contributed by atoms with Crippen LogP contribution in [0.25, 0.3) is 0 Å². The molecule has 0 aromatic carbocycles. The Morgan fingerprint density at radius 1 is 1.41 bits per heavy atom. The van der Waals surface area contributed by atoms with Crippen LogP contribution >= 0.6 is 11.3 Å². The lowest BCUT2D eigenvalue weighted by molar-refractivity contribution is 0.119. The van der Waals surface area contributed by atoms with E-state index in [0.717, 1.165) is 28.6 Å². The van der Waals surface area contributed by atoms with Crippen molar-refractivity contribution in [2.24, 2.45) is 4.99 Å². The summed E-state index contributed by atoms with van der Waals surface area (Å²) in [6.07, 6.45) is 2.81. The van der Waals surface area contributed by atoms with Crippen molar-refractivity contribution in [1.82, 2.24) is 20.2 Å². The maximum Gasteiger partial charge on any atom is 0.213 e. The van der Waals surface area contributed by atoms with Crippen LogP contribution in [0, 0.1) is 0 Å². The molecule has 2 heterocycles. The highest BCUT2D eigenvalue weighted by Gasteiger charge is 2.12. The van der Waals surface area contributed by atoms with Crippen LogP contribution in [0.3, 0.4) is 0 Å². The molecule has 0 bridgehead atoms. The Kier molecular flexibility index (Phi) is 8.47. The van der Waals surface area contributed by atoms with Crippen molar-refractivity contribution in [3.8, 4) is 5.88 Å². The molecule has 1 N–H and O–H groups in total. The quantitative estimate of drug-likeness (QED) is 0.523. The van der Waals surface area contributed by atoms with Gasteiger partial charge in [-0.1, -0.05) is 13.0 Å². The zero-order chi connectivity index (χ0) is 19.6. The van der Waals surface area contributed by atoms with Gasteiger partial charge in [0.15, 0.2) is 5.96 Å². The normalized spacial score (nSPS) is 12.7. The fraction of sp³-hybridized carbons (Fsp3) is 0.526. The lowest BCUT2D eigenvalue weighted by Crippen LogP contribution is -2.38. The van der Waals surface area contributed by atoms with Crippen LogP contribution in [0.2, 0.25) is 0 Å². The van der Waals surface area contributed by atoms with E-state index < -0.39 is 0 Å².